The summed E-state index contributed by atoms with van der Waals surface area (Å²) in [5.41, 5.74) is 1.27. The number of anilines is 1. The number of alkyl carbamates (subject to hydrolysis) is 1. The molecule has 0 saturated carbocycles. The summed E-state index contributed by atoms with van der Waals surface area (Å²) in [5.74, 6) is -0.965. The third-order valence-electron chi connectivity index (χ3n) is 6.04. The average molecular weight is 544 g/mol. The Kier molecular flexibility index (Phi) is 11.6. The molecular formula is C30H42ClN3O4. The van der Waals surface area contributed by atoms with Gasteiger partial charge in [-0.2, -0.15) is 0 Å². The predicted octanol–water partition coefficient (Wildman–Crippen LogP) is 6.90. The van der Waals surface area contributed by atoms with Crippen LogP contribution in [0.1, 0.15) is 78.0 Å². The van der Waals surface area contributed by atoms with Gasteiger partial charge in [-0.1, -0.05) is 87.7 Å². The van der Waals surface area contributed by atoms with Gasteiger partial charge in [-0.15, -0.1) is 0 Å². The van der Waals surface area contributed by atoms with Crippen LogP contribution in [0.15, 0.2) is 48.5 Å². The van der Waals surface area contributed by atoms with E-state index in [1.54, 1.807) is 31.7 Å². The number of carbonyl (C=O) groups is 3. The predicted molar refractivity (Wildman–Crippen MR) is 153 cm³/mol. The number of benzene rings is 2. The van der Waals surface area contributed by atoms with Crippen LogP contribution in [-0.4, -0.2) is 41.0 Å². The van der Waals surface area contributed by atoms with E-state index in [1.165, 1.54) is 0 Å². The topological polar surface area (TPSA) is 87.7 Å². The van der Waals surface area contributed by atoms with E-state index >= 15 is 0 Å². The highest BCUT2D eigenvalue weighted by Crippen LogP contribution is 2.30. The number of halogens is 1. The van der Waals surface area contributed by atoms with E-state index in [0.717, 1.165) is 18.4 Å². The molecule has 2 atom stereocenters. The molecule has 0 aliphatic heterocycles. The van der Waals surface area contributed by atoms with Crippen LogP contribution in [-0.2, 0) is 14.3 Å². The summed E-state index contributed by atoms with van der Waals surface area (Å²) in [5, 5.41) is 6.13. The first-order valence-corrected chi connectivity index (χ1v) is 13.6. The summed E-state index contributed by atoms with van der Waals surface area (Å²) in [4.78, 5) is 42.3. The zero-order valence-electron chi connectivity index (χ0n) is 23.6. The Labute approximate surface area is 232 Å². The monoisotopic (exact) mass is 543 g/mol. The van der Waals surface area contributed by atoms with Crippen LogP contribution in [0, 0.1) is 12.8 Å². The van der Waals surface area contributed by atoms with Gasteiger partial charge in [-0.25, -0.2) is 4.79 Å². The summed E-state index contributed by atoms with van der Waals surface area (Å²) >= 11 is 6.41. The van der Waals surface area contributed by atoms with Crippen molar-refractivity contribution in [1.82, 2.24) is 10.2 Å². The first-order valence-electron chi connectivity index (χ1n) is 13.3. The molecule has 2 unspecified atom stereocenters. The van der Waals surface area contributed by atoms with Gasteiger partial charge in [0.25, 0.3) is 5.91 Å². The van der Waals surface area contributed by atoms with Crippen molar-refractivity contribution in [1.29, 1.82) is 0 Å². The van der Waals surface area contributed by atoms with E-state index in [9.17, 15) is 14.4 Å². The lowest BCUT2D eigenvalue weighted by Gasteiger charge is -2.35. The van der Waals surface area contributed by atoms with E-state index in [2.05, 4.69) is 17.6 Å². The fourth-order valence-electron chi connectivity index (χ4n) is 4.12. The Morgan fingerprint density at radius 3 is 2.21 bits per heavy atom. The molecule has 2 N–H and O–H groups in total. The zero-order chi connectivity index (χ0) is 28.5. The highest BCUT2D eigenvalue weighted by Gasteiger charge is 2.37. The summed E-state index contributed by atoms with van der Waals surface area (Å²) in [6.07, 6.45) is 1.88. The SMILES string of the molecule is CCCCCN(C(=O)C(NC(=O)OC(C)(C)C)C(C)C)C(C(=O)Nc1c(C)cccc1Cl)c1ccccc1. The minimum Gasteiger partial charge on any atom is -0.444 e. The third kappa shape index (κ3) is 9.05. The van der Waals surface area contributed by atoms with Crippen molar-refractivity contribution in [2.45, 2.75) is 85.4 Å². The number of carbonyl (C=O) groups excluding carboxylic acids is 3. The summed E-state index contributed by atoms with van der Waals surface area (Å²) in [7, 11) is 0. The second kappa shape index (κ2) is 14.2. The van der Waals surface area contributed by atoms with Crippen molar-refractivity contribution in [3.05, 3.63) is 64.7 Å². The molecule has 2 aromatic rings. The van der Waals surface area contributed by atoms with Crippen LogP contribution in [0.2, 0.25) is 5.02 Å². The normalized spacial score (nSPS) is 13.0. The second-order valence-electron chi connectivity index (χ2n) is 10.8. The Morgan fingerprint density at radius 2 is 1.66 bits per heavy atom. The Morgan fingerprint density at radius 1 is 1.00 bits per heavy atom. The molecule has 0 spiro atoms. The molecule has 8 heteroatoms. The number of nitrogens with zero attached hydrogens (tertiary/aromatic N) is 1. The van der Waals surface area contributed by atoms with Gasteiger partial charge in [0.15, 0.2) is 0 Å². The largest absolute Gasteiger partial charge is 0.444 e. The summed E-state index contributed by atoms with van der Waals surface area (Å²) in [6, 6.07) is 12.8. The highest BCUT2D eigenvalue weighted by molar-refractivity contribution is 6.34. The first kappa shape index (κ1) is 31.2. The van der Waals surface area contributed by atoms with E-state index < -0.39 is 23.8 Å². The van der Waals surface area contributed by atoms with Gasteiger partial charge in [-0.3, -0.25) is 9.59 Å². The maximum Gasteiger partial charge on any atom is 0.408 e. The van der Waals surface area contributed by atoms with Crippen LogP contribution in [0.4, 0.5) is 10.5 Å². The van der Waals surface area contributed by atoms with E-state index in [0.29, 0.717) is 29.2 Å². The number of ether oxygens (including phenoxy) is 1. The van der Waals surface area contributed by atoms with E-state index in [1.807, 2.05) is 63.2 Å². The molecule has 2 aromatic carbocycles. The smallest absolute Gasteiger partial charge is 0.408 e. The number of hydrogen-bond donors (Lipinski definition) is 2. The standard InChI is InChI=1S/C30H42ClN3O4/c1-8-9-13-19-34(28(36)24(20(2)3)33-29(37)38-30(5,6)7)26(22-16-11-10-12-17-22)27(35)32-25-21(4)15-14-18-23(25)31/h10-12,14-18,20,24,26H,8-9,13,19H2,1-7H3,(H,32,35)(H,33,37). The second-order valence-corrected chi connectivity index (χ2v) is 11.2. The quantitative estimate of drug-likeness (QED) is 0.302. The average Bonchev–Trinajstić information content (AvgIpc) is 2.83. The molecule has 0 heterocycles. The molecule has 2 rings (SSSR count). The van der Waals surface area contributed by atoms with E-state index in [4.69, 9.17) is 16.3 Å². The van der Waals surface area contributed by atoms with Crippen molar-refractivity contribution in [2.75, 3.05) is 11.9 Å². The number of amides is 3. The first-order chi connectivity index (χ1) is 17.9. The van der Waals surface area contributed by atoms with Crippen molar-refractivity contribution < 1.29 is 19.1 Å². The number of para-hydroxylation sites is 1. The van der Waals surface area contributed by atoms with Gasteiger partial charge in [0, 0.05) is 6.54 Å². The lowest BCUT2D eigenvalue weighted by atomic mass is 9.98. The highest BCUT2D eigenvalue weighted by atomic mass is 35.5. The molecule has 0 aliphatic carbocycles. The maximum absolute atomic E-state index is 14.1. The van der Waals surface area contributed by atoms with Crippen LogP contribution in [0.5, 0.6) is 0 Å². The molecule has 0 aliphatic rings. The van der Waals surface area contributed by atoms with Crippen LogP contribution in [0.3, 0.4) is 0 Å². The molecule has 38 heavy (non-hydrogen) atoms. The third-order valence-corrected chi connectivity index (χ3v) is 6.35. The molecule has 208 valence electrons. The minimum absolute atomic E-state index is 0.242. The van der Waals surface area contributed by atoms with E-state index in [-0.39, 0.29) is 17.7 Å². The molecule has 0 fully saturated rings. The van der Waals surface area contributed by atoms with Crippen molar-refractivity contribution in [3.8, 4) is 0 Å². The maximum atomic E-state index is 14.1. The van der Waals surface area contributed by atoms with Gasteiger partial charge in [0.05, 0.1) is 10.7 Å². The molecule has 0 radical (unpaired) electrons. The van der Waals surface area contributed by atoms with Crippen LogP contribution >= 0.6 is 11.6 Å². The minimum atomic E-state index is -0.932. The Hall–Kier alpha value is -3.06. The number of aryl methyl sites for hydroxylation is 1. The van der Waals surface area contributed by atoms with Crippen molar-refractivity contribution >= 4 is 35.2 Å². The number of nitrogens with one attached hydrogen (secondary N) is 2. The fraction of sp³-hybridized carbons (Fsp3) is 0.500. The van der Waals surface area contributed by atoms with Crippen molar-refractivity contribution in [2.24, 2.45) is 5.92 Å². The van der Waals surface area contributed by atoms with Gasteiger partial charge >= 0.3 is 6.09 Å². The van der Waals surface area contributed by atoms with Crippen LogP contribution in [0.25, 0.3) is 0 Å². The molecule has 3 amide bonds. The fourth-order valence-corrected chi connectivity index (χ4v) is 4.38. The number of hydrogen-bond acceptors (Lipinski definition) is 4. The summed E-state index contributed by atoms with van der Waals surface area (Å²) in [6.45, 7) is 13.3. The zero-order valence-corrected chi connectivity index (χ0v) is 24.4. The molecule has 0 bridgehead atoms. The molecular weight excluding hydrogens is 502 g/mol. The summed E-state index contributed by atoms with van der Waals surface area (Å²) < 4.78 is 5.43. The van der Waals surface area contributed by atoms with Crippen molar-refractivity contribution in [3.63, 3.8) is 0 Å². The number of unbranched alkanes of at least 4 members (excludes halogenated alkanes) is 2. The molecule has 0 saturated heterocycles. The van der Waals surface area contributed by atoms with Gasteiger partial charge in [-0.05, 0) is 57.2 Å². The van der Waals surface area contributed by atoms with Gasteiger partial charge < -0.3 is 20.3 Å². The Balaban J connectivity index is 2.52. The van der Waals surface area contributed by atoms with Crippen LogP contribution < -0.4 is 10.6 Å². The molecule has 0 aromatic heterocycles. The molecule has 7 nitrogen and oxygen atoms in total. The Bertz CT molecular complexity index is 1060. The number of rotatable bonds is 11. The lowest BCUT2D eigenvalue weighted by molar-refractivity contribution is -0.141. The van der Waals surface area contributed by atoms with Gasteiger partial charge in [0.2, 0.25) is 5.91 Å². The lowest BCUT2D eigenvalue weighted by Crippen LogP contribution is -2.54. The van der Waals surface area contributed by atoms with Gasteiger partial charge in [0.1, 0.15) is 17.7 Å².